The van der Waals surface area contributed by atoms with Gasteiger partial charge < -0.3 is 28.1 Å². The van der Waals surface area contributed by atoms with E-state index >= 15 is 0 Å². The molecule has 5 rings (SSSR count). The number of benzene rings is 2. The Balaban J connectivity index is 1.68. The number of hydrogen-bond donors (Lipinski definition) is 0. The van der Waals surface area contributed by atoms with Crippen LogP contribution in [0.15, 0.2) is 41.0 Å². The zero-order chi connectivity index (χ0) is 18.5. The molecule has 2 aliphatic heterocycles. The number of furan rings is 1. The van der Waals surface area contributed by atoms with E-state index in [-0.39, 0.29) is 18.1 Å². The quantitative estimate of drug-likeness (QED) is 0.694. The highest BCUT2D eigenvalue weighted by molar-refractivity contribution is 5.86. The van der Waals surface area contributed by atoms with Crippen molar-refractivity contribution in [3.05, 3.63) is 47.7 Å². The standard InChI is InChI=1S/C21H20O6/c1-22-16-8-13-15(9-17(16)23-2)26-10-18-19(13)21(24-3)12-4-5-14-11(6-7-25-14)20(12)27-18/h4-9,18-19,21H,10H2,1-3H3/t18?,19?,21-/m1/s1. The van der Waals surface area contributed by atoms with Crippen LogP contribution in [0.1, 0.15) is 23.1 Å². The Bertz CT molecular complexity index is 1010. The van der Waals surface area contributed by atoms with Gasteiger partial charge in [0.25, 0.3) is 0 Å². The topological polar surface area (TPSA) is 59.3 Å². The molecule has 2 aromatic carbocycles. The smallest absolute Gasteiger partial charge is 0.164 e. The summed E-state index contributed by atoms with van der Waals surface area (Å²) in [5.41, 5.74) is 2.80. The lowest BCUT2D eigenvalue weighted by Crippen LogP contribution is -2.42. The van der Waals surface area contributed by atoms with Crippen molar-refractivity contribution in [2.24, 2.45) is 0 Å². The van der Waals surface area contributed by atoms with Gasteiger partial charge in [-0.2, -0.15) is 0 Å². The van der Waals surface area contributed by atoms with E-state index in [0.29, 0.717) is 18.1 Å². The third-order valence-electron chi connectivity index (χ3n) is 5.45. The Labute approximate surface area is 156 Å². The first kappa shape index (κ1) is 16.3. The van der Waals surface area contributed by atoms with Crippen molar-refractivity contribution >= 4 is 11.0 Å². The summed E-state index contributed by atoms with van der Waals surface area (Å²) in [5, 5.41) is 0.950. The Kier molecular flexibility index (Phi) is 3.68. The maximum atomic E-state index is 6.39. The molecule has 0 saturated carbocycles. The summed E-state index contributed by atoms with van der Waals surface area (Å²) in [7, 11) is 4.97. The van der Waals surface area contributed by atoms with E-state index in [1.807, 2.05) is 30.3 Å². The zero-order valence-corrected chi connectivity index (χ0v) is 15.4. The Morgan fingerprint density at radius 3 is 2.56 bits per heavy atom. The van der Waals surface area contributed by atoms with Crippen molar-refractivity contribution in [3.63, 3.8) is 0 Å². The van der Waals surface area contributed by atoms with Crippen molar-refractivity contribution in [3.8, 4) is 23.0 Å². The molecule has 6 nitrogen and oxygen atoms in total. The van der Waals surface area contributed by atoms with Gasteiger partial charge in [0.2, 0.25) is 0 Å². The van der Waals surface area contributed by atoms with E-state index < -0.39 is 0 Å². The van der Waals surface area contributed by atoms with Crippen LogP contribution in [-0.2, 0) is 4.74 Å². The Hall–Kier alpha value is -2.86. The number of ether oxygens (including phenoxy) is 5. The highest BCUT2D eigenvalue weighted by atomic mass is 16.5. The first-order valence-corrected chi connectivity index (χ1v) is 8.83. The summed E-state index contributed by atoms with van der Waals surface area (Å²) < 4.78 is 34.8. The lowest BCUT2D eigenvalue weighted by Gasteiger charge is -2.42. The fourth-order valence-electron chi connectivity index (χ4n) is 4.21. The average Bonchev–Trinajstić information content (AvgIpc) is 3.20. The van der Waals surface area contributed by atoms with Crippen LogP contribution in [0.25, 0.3) is 11.0 Å². The molecule has 0 saturated heterocycles. The lowest BCUT2D eigenvalue weighted by atomic mass is 9.80. The number of methoxy groups -OCH3 is 3. The Morgan fingerprint density at radius 2 is 1.78 bits per heavy atom. The van der Waals surface area contributed by atoms with Crippen molar-refractivity contribution in [2.75, 3.05) is 27.9 Å². The largest absolute Gasteiger partial charge is 0.493 e. The average molecular weight is 368 g/mol. The fourth-order valence-corrected chi connectivity index (χ4v) is 4.21. The van der Waals surface area contributed by atoms with Crippen LogP contribution in [0.5, 0.6) is 23.0 Å². The molecule has 0 fully saturated rings. The molecule has 3 aromatic rings. The number of fused-ring (bicyclic) bond motifs is 6. The van der Waals surface area contributed by atoms with Gasteiger partial charge in [0.15, 0.2) is 11.5 Å². The van der Waals surface area contributed by atoms with Crippen LogP contribution < -0.4 is 18.9 Å². The fraction of sp³-hybridized carbons (Fsp3) is 0.333. The first-order valence-electron chi connectivity index (χ1n) is 8.83. The normalized spacial score (nSPS) is 22.9. The predicted molar refractivity (Wildman–Crippen MR) is 98.2 cm³/mol. The zero-order valence-electron chi connectivity index (χ0n) is 15.4. The summed E-state index contributed by atoms with van der Waals surface area (Å²) in [6, 6.07) is 9.72. The third-order valence-corrected chi connectivity index (χ3v) is 5.45. The summed E-state index contributed by atoms with van der Waals surface area (Å²) in [6.45, 7) is 0.431. The van der Waals surface area contributed by atoms with E-state index in [9.17, 15) is 0 Å². The van der Waals surface area contributed by atoms with Gasteiger partial charge in [-0.25, -0.2) is 0 Å². The lowest BCUT2D eigenvalue weighted by molar-refractivity contribution is -0.0192. The molecule has 6 heteroatoms. The van der Waals surface area contributed by atoms with Crippen molar-refractivity contribution in [1.29, 1.82) is 0 Å². The van der Waals surface area contributed by atoms with E-state index in [1.54, 1.807) is 27.6 Å². The molecule has 3 atom stereocenters. The number of hydrogen-bond acceptors (Lipinski definition) is 6. The van der Waals surface area contributed by atoms with Gasteiger partial charge in [-0.1, -0.05) is 0 Å². The molecule has 0 spiro atoms. The van der Waals surface area contributed by atoms with E-state index in [2.05, 4.69) is 0 Å². The molecule has 3 heterocycles. The summed E-state index contributed by atoms with van der Waals surface area (Å²) in [5.74, 6) is 2.86. The van der Waals surface area contributed by atoms with Crippen molar-refractivity contribution in [2.45, 2.75) is 18.1 Å². The molecule has 0 amide bonds. The predicted octanol–water partition coefficient (Wildman–Crippen LogP) is 4.07. The first-order chi connectivity index (χ1) is 13.2. The minimum Gasteiger partial charge on any atom is -0.493 e. The van der Waals surface area contributed by atoms with Crippen LogP contribution >= 0.6 is 0 Å². The maximum absolute atomic E-state index is 6.39. The molecule has 0 aliphatic carbocycles. The molecule has 0 bridgehead atoms. The SMILES string of the molecule is COc1cc2c(cc1OC)C1C(CO2)Oc2c(ccc3occc23)[C@H]1OC. The molecule has 2 unspecified atom stereocenters. The molecule has 0 N–H and O–H groups in total. The molecular weight excluding hydrogens is 348 g/mol. The molecular formula is C21H20O6. The van der Waals surface area contributed by atoms with E-state index in [4.69, 9.17) is 28.1 Å². The summed E-state index contributed by atoms with van der Waals surface area (Å²) >= 11 is 0. The van der Waals surface area contributed by atoms with Crippen LogP contribution in [-0.4, -0.2) is 34.0 Å². The van der Waals surface area contributed by atoms with Crippen LogP contribution in [0.3, 0.4) is 0 Å². The van der Waals surface area contributed by atoms with Crippen molar-refractivity contribution in [1.82, 2.24) is 0 Å². The van der Waals surface area contributed by atoms with Crippen LogP contribution in [0.2, 0.25) is 0 Å². The molecule has 140 valence electrons. The molecule has 2 aliphatic rings. The highest BCUT2D eigenvalue weighted by Crippen LogP contribution is 2.53. The van der Waals surface area contributed by atoms with Crippen LogP contribution in [0, 0.1) is 0 Å². The monoisotopic (exact) mass is 368 g/mol. The molecule has 27 heavy (non-hydrogen) atoms. The minimum atomic E-state index is -0.173. The summed E-state index contributed by atoms with van der Waals surface area (Å²) in [4.78, 5) is 0. The Morgan fingerprint density at radius 1 is 0.963 bits per heavy atom. The second-order valence-electron chi connectivity index (χ2n) is 6.71. The summed E-state index contributed by atoms with van der Waals surface area (Å²) in [6.07, 6.45) is 1.33. The van der Waals surface area contributed by atoms with Gasteiger partial charge in [-0.15, -0.1) is 0 Å². The molecule has 1 aromatic heterocycles. The van der Waals surface area contributed by atoms with Crippen LogP contribution in [0.4, 0.5) is 0 Å². The highest BCUT2D eigenvalue weighted by Gasteiger charge is 2.45. The second-order valence-corrected chi connectivity index (χ2v) is 6.71. The second kappa shape index (κ2) is 6.09. The molecule has 0 radical (unpaired) electrons. The van der Waals surface area contributed by atoms with Crippen molar-refractivity contribution < 1.29 is 28.1 Å². The van der Waals surface area contributed by atoms with Gasteiger partial charge in [-0.3, -0.25) is 0 Å². The third kappa shape index (κ3) is 2.29. The maximum Gasteiger partial charge on any atom is 0.164 e. The van der Waals surface area contributed by atoms with E-state index in [1.165, 1.54) is 0 Å². The minimum absolute atomic E-state index is 0.0181. The van der Waals surface area contributed by atoms with Gasteiger partial charge in [-0.05, 0) is 24.3 Å². The van der Waals surface area contributed by atoms with Gasteiger partial charge in [0.1, 0.15) is 29.8 Å². The van der Waals surface area contributed by atoms with E-state index in [0.717, 1.165) is 33.6 Å². The van der Waals surface area contributed by atoms with Gasteiger partial charge >= 0.3 is 0 Å². The van der Waals surface area contributed by atoms with Gasteiger partial charge in [0.05, 0.1) is 37.9 Å². The number of rotatable bonds is 3. The van der Waals surface area contributed by atoms with Gasteiger partial charge in [0, 0.05) is 24.3 Å².